The first-order chi connectivity index (χ1) is 5.75. The van der Waals surface area contributed by atoms with E-state index in [0.717, 1.165) is 12.8 Å². The van der Waals surface area contributed by atoms with Gasteiger partial charge in [0, 0.05) is 0 Å². The number of hydrogen-bond donors (Lipinski definition) is 0. The van der Waals surface area contributed by atoms with Crippen LogP contribution in [0.2, 0.25) is 0 Å². The fraction of sp³-hybridized carbons (Fsp3) is 0.375. The predicted octanol–water partition coefficient (Wildman–Crippen LogP) is 2.37. The van der Waals surface area contributed by atoms with Crippen LogP contribution < -0.4 is 4.74 Å². The summed E-state index contributed by atoms with van der Waals surface area (Å²) in [4.78, 5) is 3.65. The Hall–Kier alpha value is -0.390. The summed E-state index contributed by atoms with van der Waals surface area (Å²) >= 11 is 1.96. The molecule has 0 spiro atoms. The highest BCUT2D eigenvalue weighted by atomic mass is 127. The van der Waals surface area contributed by atoms with Gasteiger partial charge < -0.3 is 4.74 Å². The molecule has 0 unspecified atom stereocenters. The monoisotopic (exact) mass is 279 g/mol. The van der Waals surface area contributed by atoms with Gasteiger partial charge in [0.2, 0.25) is 0 Å². The Kier molecular flexibility index (Phi) is 2.16. The first kappa shape index (κ1) is 8.22. The second-order valence-electron chi connectivity index (χ2n) is 2.74. The molecule has 1 fully saturated rings. The third-order valence-electron chi connectivity index (χ3n) is 1.60. The van der Waals surface area contributed by atoms with Crippen LogP contribution in [0.1, 0.15) is 12.8 Å². The average molecular weight is 279 g/mol. The second kappa shape index (κ2) is 3.16. The van der Waals surface area contributed by atoms with Crippen molar-refractivity contribution in [2.75, 3.05) is 0 Å². The highest BCUT2D eigenvalue weighted by molar-refractivity contribution is 14.1. The molecule has 2 rings (SSSR count). The predicted molar refractivity (Wildman–Crippen MR) is 50.6 cm³/mol. The lowest BCUT2D eigenvalue weighted by Gasteiger charge is -2.03. The lowest BCUT2D eigenvalue weighted by atomic mass is 10.4. The molecule has 0 atom stereocenters. The van der Waals surface area contributed by atoms with Gasteiger partial charge in [-0.25, -0.2) is 4.98 Å². The largest absolute Gasteiger partial charge is 0.486 e. The molecule has 1 saturated carbocycles. The number of pyridine rings is 1. The van der Waals surface area contributed by atoms with E-state index in [4.69, 9.17) is 4.74 Å². The molecule has 0 bridgehead atoms. The van der Waals surface area contributed by atoms with Gasteiger partial charge in [-0.05, 0) is 47.6 Å². The molecule has 12 heavy (non-hydrogen) atoms. The normalized spacial score (nSPS) is 16.2. The molecular formula is C8H7FINO. The summed E-state index contributed by atoms with van der Waals surface area (Å²) in [6, 6.07) is 3.36. The number of ether oxygens (including phenoxy) is 1. The lowest BCUT2D eigenvalue weighted by molar-refractivity contribution is 0.283. The van der Waals surface area contributed by atoms with Crippen LogP contribution in [-0.2, 0) is 0 Å². The third kappa shape index (κ3) is 1.85. The summed E-state index contributed by atoms with van der Waals surface area (Å²) in [5.74, 6) is -0.230. The summed E-state index contributed by atoms with van der Waals surface area (Å²) in [7, 11) is 0. The van der Waals surface area contributed by atoms with Crippen LogP contribution in [0.25, 0.3) is 0 Å². The van der Waals surface area contributed by atoms with E-state index in [1.165, 1.54) is 0 Å². The Balaban J connectivity index is 2.18. The second-order valence-corrected chi connectivity index (χ2v) is 3.85. The molecule has 1 aliphatic rings. The van der Waals surface area contributed by atoms with Crippen molar-refractivity contribution in [2.45, 2.75) is 18.9 Å². The van der Waals surface area contributed by atoms with E-state index >= 15 is 0 Å². The van der Waals surface area contributed by atoms with E-state index in [1.807, 2.05) is 22.6 Å². The highest BCUT2D eigenvalue weighted by Crippen LogP contribution is 2.27. The maximum Gasteiger partial charge on any atom is 0.256 e. The summed E-state index contributed by atoms with van der Waals surface area (Å²) in [5, 5.41) is 0. The molecule has 0 saturated heterocycles. The standard InChI is InChI=1S/C8H7FINO/c9-8-6(12-5-1-2-5)3-4-7(10)11-8/h3-5H,1-2H2. The number of aromatic nitrogens is 1. The zero-order valence-electron chi connectivity index (χ0n) is 6.26. The summed E-state index contributed by atoms with van der Waals surface area (Å²) < 4.78 is 18.9. The van der Waals surface area contributed by atoms with Crippen molar-refractivity contribution in [3.05, 3.63) is 21.8 Å². The smallest absolute Gasteiger partial charge is 0.256 e. The molecule has 1 heterocycles. The minimum Gasteiger partial charge on any atom is -0.486 e. The number of rotatable bonds is 2. The van der Waals surface area contributed by atoms with Crippen molar-refractivity contribution in [1.29, 1.82) is 0 Å². The molecule has 0 N–H and O–H groups in total. The molecule has 2 nitrogen and oxygen atoms in total. The maximum atomic E-state index is 13.0. The molecule has 0 aromatic carbocycles. The van der Waals surface area contributed by atoms with E-state index in [1.54, 1.807) is 12.1 Å². The zero-order valence-corrected chi connectivity index (χ0v) is 8.42. The van der Waals surface area contributed by atoms with E-state index in [-0.39, 0.29) is 11.9 Å². The molecule has 1 aromatic heterocycles. The molecule has 0 radical (unpaired) electrons. The van der Waals surface area contributed by atoms with Crippen LogP contribution in [-0.4, -0.2) is 11.1 Å². The van der Waals surface area contributed by atoms with Gasteiger partial charge in [0.05, 0.1) is 6.10 Å². The quantitative estimate of drug-likeness (QED) is 0.612. The molecule has 1 aromatic rings. The Morgan fingerprint density at radius 3 is 2.83 bits per heavy atom. The topological polar surface area (TPSA) is 22.1 Å². The van der Waals surface area contributed by atoms with Crippen LogP contribution in [0.4, 0.5) is 4.39 Å². The van der Waals surface area contributed by atoms with Crippen LogP contribution >= 0.6 is 22.6 Å². The van der Waals surface area contributed by atoms with Gasteiger partial charge in [-0.1, -0.05) is 0 Å². The SMILES string of the molecule is Fc1nc(I)ccc1OC1CC1. The van der Waals surface area contributed by atoms with Gasteiger partial charge in [-0.2, -0.15) is 4.39 Å². The molecule has 1 aliphatic carbocycles. The summed E-state index contributed by atoms with van der Waals surface area (Å²) in [6.45, 7) is 0. The minimum absolute atomic E-state index is 0.223. The Bertz CT molecular complexity index is 301. The number of nitrogens with zero attached hydrogens (tertiary/aromatic N) is 1. The Morgan fingerprint density at radius 1 is 1.50 bits per heavy atom. The van der Waals surface area contributed by atoms with Crippen LogP contribution in [0.5, 0.6) is 5.75 Å². The van der Waals surface area contributed by atoms with Crippen molar-refractivity contribution >= 4 is 22.6 Å². The lowest BCUT2D eigenvalue weighted by Crippen LogP contribution is -2.00. The van der Waals surface area contributed by atoms with Crippen LogP contribution in [0, 0.1) is 9.65 Å². The number of halogens is 2. The van der Waals surface area contributed by atoms with Crippen LogP contribution in [0.15, 0.2) is 12.1 Å². The van der Waals surface area contributed by atoms with Crippen molar-refractivity contribution in [1.82, 2.24) is 4.98 Å². The van der Waals surface area contributed by atoms with Gasteiger partial charge in [-0.15, -0.1) is 0 Å². The van der Waals surface area contributed by atoms with Crippen molar-refractivity contribution in [2.24, 2.45) is 0 Å². The van der Waals surface area contributed by atoms with Gasteiger partial charge in [-0.3, -0.25) is 0 Å². The highest BCUT2D eigenvalue weighted by Gasteiger charge is 2.24. The van der Waals surface area contributed by atoms with E-state index in [0.29, 0.717) is 3.70 Å². The van der Waals surface area contributed by atoms with Crippen molar-refractivity contribution in [3.8, 4) is 5.75 Å². The van der Waals surface area contributed by atoms with Crippen molar-refractivity contribution in [3.63, 3.8) is 0 Å². The molecule has 0 amide bonds. The third-order valence-corrected chi connectivity index (χ3v) is 2.20. The van der Waals surface area contributed by atoms with E-state index in [2.05, 4.69) is 4.98 Å². The van der Waals surface area contributed by atoms with Gasteiger partial charge in [0.1, 0.15) is 3.70 Å². The Morgan fingerprint density at radius 2 is 2.25 bits per heavy atom. The fourth-order valence-corrected chi connectivity index (χ4v) is 1.24. The van der Waals surface area contributed by atoms with Gasteiger partial charge in [0.15, 0.2) is 5.75 Å². The van der Waals surface area contributed by atoms with Crippen LogP contribution in [0.3, 0.4) is 0 Å². The molecule has 4 heteroatoms. The molecule has 0 aliphatic heterocycles. The van der Waals surface area contributed by atoms with E-state index in [9.17, 15) is 4.39 Å². The first-order valence-corrected chi connectivity index (χ1v) is 4.82. The Labute approximate surface area is 83.3 Å². The summed E-state index contributed by atoms with van der Waals surface area (Å²) in [6.07, 6.45) is 2.29. The van der Waals surface area contributed by atoms with Gasteiger partial charge >= 0.3 is 0 Å². The number of hydrogen-bond acceptors (Lipinski definition) is 2. The van der Waals surface area contributed by atoms with Gasteiger partial charge in [0.25, 0.3) is 5.95 Å². The zero-order chi connectivity index (χ0) is 8.55. The van der Waals surface area contributed by atoms with E-state index < -0.39 is 5.95 Å². The molecular weight excluding hydrogens is 272 g/mol. The minimum atomic E-state index is -0.506. The fourth-order valence-electron chi connectivity index (χ4n) is 0.853. The maximum absolute atomic E-state index is 13.0. The first-order valence-electron chi connectivity index (χ1n) is 3.74. The average Bonchev–Trinajstić information content (AvgIpc) is 2.79. The van der Waals surface area contributed by atoms with Crippen molar-refractivity contribution < 1.29 is 9.13 Å². The molecule has 64 valence electrons. The summed E-state index contributed by atoms with van der Waals surface area (Å²) in [5.41, 5.74) is 0.